The Morgan fingerprint density at radius 1 is 1.10 bits per heavy atom. The van der Waals surface area contributed by atoms with Crippen LogP contribution in [0.2, 0.25) is 0 Å². The lowest BCUT2D eigenvalue weighted by molar-refractivity contribution is -0.146. The molecule has 2 amide bonds. The van der Waals surface area contributed by atoms with Crippen LogP contribution in [0.25, 0.3) is 0 Å². The van der Waals surface area contributed by atoms with Crippen LogP contribution in [0.4, 0.5) is 4.79 Å². The molecule has 20 heavy (non-hydrogen) atoms. The molecule has 0 saturated carbocycles. The maximum absolute atomic E-state index is 12.2. The first kappa shape index (κ1) is 16.8. The Balaban J connectivity index is 2.31. The Kier molecular flexibility index (Phi) is 6.78. The number of likely N-dealkylation sites (tertiary alicyclic amines) is 1. The van der Waals surface area contributed by atoms with Gasteiger partial charge in [0.05, 0.1) is 5.92 Å². The molecule has 1 N–H and O–H groups in total. The maximum Gasteiger partial charge on any atom is 0.320 e. The van der Waals surface area contributed by atoms with E-state index in [1.165, 1.54) is 0 Å². The molecular formula is C14H27N3O3. The zero-order valence-corrected chi connectivity index (χ0v) is 12.8. The second-order valence-corrected chi connectivity index (χ2v) is 5.18. The van der Waals surface area contributed by atoms with Crippen molar-refractivity contribution in [1.29, 1.82) is 0 Å². The average molecular weight is 285 g/mol. The summed E-state index contributed by atoms with van der Waals surface area (Å²) in [6.07, 6.45) is 0.956. The second kappa shape index (κ2) is 8.09. The van der Waals surface area contributed by atoms with E-state index in [2.05, 4.69) is 18.7 Å². The summed E-state index contributed by atoms with van der Waals surface area (Å²) in [4.78, 5) is 28.7. The van der Waals surface area contributed by atoms with Crippen molar-refractivity contribution >= 4 is 12.0 Å². The molecule has 0 aromatic heterocycles. The Morgan fingerprint density at radius 3 is 2.15 bits per heavy atom. The number of hydrogen-bond acceptors (Lipinski definition) is 3. The van der Waals surface area contributed by atoms with Crippen LogP contribution in [0.1, 0.15) is 27.2 Å². The number of hydrogen-bond donors (Lipinski definition) is 1. The highest BCUT2D eigenvalue weighted by Gasteiger charge is 2.37. The number of aliphatic carboxylic acids is 1. The first-order valence-electron chi connectivity index (χ1n) is 7.52. The van der Waals surface area contributed by atoms with Crippen LogP contribution in [-0.4, -0.2) is 77.6 Å². The summed E-state index contributed by atoms with van der Waals surface area (Å²) in [7, 11) is 0. The SMILES string of the molecule is CCN(CC)CCCN(CC)C(=O)N1CC(C(=O)O)C1. The van der Waals surface area contributed by atoms with Gasteiger partial charge in [-0.1, -0.05) is 13.8 Å². The van der Waals surface area contributed by atoms with Gasteiger partial charge in [-0.2, -0.15) is 0 Å². The molecule has 1 saturated heterocycles. The molecule has 0 bridgehead atoms. The van der Waals surface area contributed by atoms with Crippen LogP contribution >= 0.6 is 0 Å². The number of carbonyl (C=O) groups excluding carboxylic acids is 1. The summed E-state index contributed by atoms with van der Waals surface area (Å²) in [5, 5.41) is 8.83. The van der Waals surface area contributed by atoms with Gasteiger partial charge in [-0.25, -0.2) is 4.79 Å². The number of urea groups is 1. The standard InChI is InChI=1S/C14H27N3O3/c1-4-15(5-2)8-7-9-16(6-3)14(20)17-10-12(11-17)13(18)19/h12H,4-11H2,1-3H3,(H,18,19). The molecule has 1 aliphatic rings. The molecular weight excluding hydrogens is 258 g/mol. The van der Waals surface area contributed by atoms with E-state index in [1.54, 1.807) is 4.90 Å². The highest BCUT2D eigenvalue weighted by molar-refractivity contribution is 5.79. The van der Waals surface area contributed by atoms with Crippen molar-refractivity contribution in [3.63, 3.8) is 0 Å². The first-order chi connectivity index (χ1) is 9.53. The minimum absolute atomic E-state index is 0.0236. The predicted octanol–water partition coefficient (Wildman–Crippen LogP) is 1.18. The van der Waals surface area contributed by atoms with E-state index in [0.29, 0.717) is 19.6 Å². The molecule has 0 atom stereocenters. The maximum atomic E-state index is 12.2. The molecule has 0 spiro atoms. The fraction of sp³-hybridized carbons (Fsp3) is 0.857. The van der Waals surface area contributed by atoms with Gasteiger partial charge in [-0.05, 0) is 33.0 Å². The van der Waals surface area contributed by atoms with Gasteiger partial charge < -0.3 is 19.8 Å². The normalized spacial score (nSPS) is 15.3. The molecule has 1 aliphatic heterocycles. The third-order valence-electron chi connectivity index (χ3n) is 3.95. The van der Waals surface area contributed by atoms with Crippen LogP contribution in [-0.2, 0) is 4.79 Å². The van der Waals surface area contributed by atoms with Gasteiger partial charge in [-0.3, -0.25) is 4.79 Å². The molecule has 0 aromatic rings. The van der Waals surface area contributed by atoms with Crippen LogP contribution in [0.5, 0.6) is 0 Å². The fourth-order valence-corrected chi connectivity index (χ4v) is 2.40. The average Bonchev–Trinajstić information content (AvgIpc) is 2.36. The van der Waals surface area contributed by atoms with E-state index in [9.17, 15) is 9.59 Å². The molecule has 1 heterocycles. The molecule has 116 valence electrons. The van der Waals surface area contributed by atoms with Gasteiger partial charge in [0.1, 0.15) is 0 Å². The lowest BCUT2D eigenvalue weighted by Gasteiger charge is -2.39. The van der Waals surface area contributed by atoms with E-state index >= 15 is 0 Å². The van der Waals surface area contributed by atoms with E-state index in [-0.39, 0.29) is 11.9 Å². The summed E-state index contributed by atoms with van der Waals surface area (Å²) >= 11 is 0. The summed E-state index contributed by atoms with van der Waals surface area (Å²) in [6, 6.07) is -0.0236. The van der Waals surface area contributed by atoms with Crippen molar-refractivity contribution in [2.75, 3.05) is 45.8 Å². The number of rotatable bonds is 8. The van der Waals surface area contributed by atoms with Crippen molar-refractivity contribution in [2.24, 2.45) is 5.92 Å². The summed E-state index contributed by atoms with van der Waals surface area (Å²) in [5.74, 6) is -1.19. The van der Waals surface area contributed by atoms with E-state index in [4.69, 9.17) is 5.11 Å². The number of carbonyl (C=O) groups is 2. The smallest absolute Gasteiger partial charge is 0.320 e. The molecule has 6 nitrogen and oxygen atoms in total. The summed E-state index contributed by atoms with van der Waals surface area (Å²) in [5.41, 5.74) is 0. The summed E-state index contributed by atoms with van der Waals surface area (Å²) < 4.78 is 0. The van der Waals surface area contributed by atoms with Crippen LogP contribution < -0.4 is 0 Å². The Labute approximate surface area is 121 Å². The Bertz CT molecular complexity index is 326. The molecule has 0 aromatic carbocycles. The van der Waals surface area contributed by atoms with Crippen LogP contribution in [0.3, 0.4) is 0 Å². The molecule has 0 radical (unpaired) electrons. The highest BCUT2D eigenvalue weighted by atomic mass is 16.4. The zero-order chi connectivity index (χ0) is 15.1. The quantitative estimate of drug-likeness (QED) is 0.727. The van der Waals surface area contributed by atoms with Gasteiger partial charge >= 0.3 is 12.0 Å². The first-order valence-corrected chi connectivity index (χ1v) is 7.52. The zero-order valence-electron chi connectivity index (χ0n) is 12.8. The van der Waals surface area contributed by atoms with Gasteiger partial charge in [0.15, 0.2) is 0 Å². The summed E-state index contributed by atoms with van der Waals surface area (Å²) in [6.45, 7) is 11.4. The second-order valence-electron chi connectivity index (χ2n) is 5.18. The number of carboxylic acid groups (broad SMARTS) is 1. The fourth-order valence-electron chi connectivity index (χ4n) is 2.40. The Morgan fingerprint density at radius 2 is 1.70 bits per heavy atom. The lowest BCUT2D eigenvalue weighted by Crippen LogP contribution is -2.57. The van der Waals surface area contributed by atoms with Crippen molar-refractivity contribution in [1.82, 2.24) is 14.7 Å². The molecule has 6 heteroatoms. The number of nitrogens with zero attached hydrogens (tertiary/aromatic N) is 3. The van der Waals surface area contributed by atoms with Crippen molar-refractivity contribution in [3.8, 4) is 0 Å². The third kappa shape index (κ3) is 4.37. The number of carboxylic acids is 1. The largest absolute Gasteiger partial charge is 0.481 e. The highest BCUT2D eigenvalue weighted by Crippen LogP contribution is 2.17. The third-order valence-corrected chi connectivity index (χ3v) is 3.95. The van der Waals surface area contributed by atoms with Gasteiger partial charge in [0.25, 0.3) is 0 Å². The lowest BCUT2D eigenvalue weighted by atomic mass is 10.0. The van der Waals surface area contributed by atoms with Crippen molar-refractivity contribution < 1.29 is 14.7 Å². The monoisotopic (exact) mass is 285 g/mol. The topological polar surface area (TPSA) is 64.1 Å². The Hall–Kier alpha value is -1.30. The predicted molar refractivity (Wildman–Crippen MR) is 77.7 cm³/mol. The van der Waals surface area contributed by atoms with Gasteiger partial charge in [0, 0.05) is 26.2 Å². The van der Waals surface area contributed by atoms with Crippen LogP contribution in [0, 0.1) is 5.92 Å². The molecule has 1 fully saturated rings. The van der Waals surface area contributed by atoms with E-state index in [0.717, 1.165) is 32.6 Å². The van der Waals surface area contributed by atoms with Crippen molar-refractivity contribution in [2.45, 2.75) is 27.2 Å². The molecule has 1 rings (SSSR count). The minimum atomic E-state index is -0.807. The van der Waals surface area contributed by atoms with Gasteiger partial charge in [0.2, 0.25) is 0 Å². The molecule has 0 aliphatic carbocycles. The minimum Gasteiger partial charge on any atom is -0.481 e. The molecule has 0 unspecified atom stereocenters. The van der Waals surface area contributed by atoms with E-state index in [1.807, 2.05) is 11.8 Å². The van der Waals surface area contributed by atoms with Crippen LogP contribution in [0.15, 0.2) is 0 Å². The van der Waals surface area contributed by atoms with Gasteiger partial charge in [-0.15, -0.1) is 0 Å². The van der Waals surface area contributed by atoms with E-state index < -0.39 is 5.97 Å². The number of amides is 2. The van der Waals surface area contributed by atoms with Crippen molar-refractivity contribution in [3.05, 3.63) is 0 Å².